The molecular formula is C12H23N3. The maximum absolute atomic E-state index is 4.31. The first-order valence-electron chi connectivity index (χ1n) is 5.80. The van der Waals surface area contributed by atoms with Gasteiger partial charge in [-0.15, -0.1) is 0 Å². The van der Waals surface area contributed by atoms with Gasteiger partial charge < -0.3 is 5.32 Å². The van der Waals surface area contributed by atoms with Crippen LogP contribution in [0.25, 0.3) is 0 Å². The zero-order chi connectivity index (χ0) is 11.3. The van der Waals surface area contributed by atoms with Crippen LogP contribution in [0.2, 0.25) is 0 Å². The molecule has 0 atom stereocenters. The summed E-state index contributed by atoms with van der Waals surface area (Å²) in [4.78, 5) is 0. The number of hydrogen-bond donors (Lipinski definition) is 1. The smallest absolute Gasteiger partial charge is 0.0597 e. The third kappa shape index (κ3) is 4.47. The summed E-state index contributed by atoms with van der Waals surface area (Å²) in [5.41, 5.74) is 2.36. The lowest BCUT2D eigenvalue weighted by Crippen LogP contribution is -2.17. The minimum Gasteiger partial charge on any atom is -0.311 e. The van der Waals surface area contributed by atoms with E-state index in [1.54, 1.807) is 0 Å². The molecule has 0 aliphatic heterocycles. The lowest BCUT2D eigenvalue weighted by Gasteiger charge is -2.06. The zero-order valence-corrected chi connectivity index (χ0v) is 10.4. The number of nitrogens with zero attached hydrogens (tertiary/aromatic N) is 2. The SMILES string of the molecule is Cc1cc(CNCCCC(C)C)n(C)n1. The van der Waals surface area contributed by atoms with Crippen molar-refractivity contribution in [3.8, 4) is 0 Å². The highest BCUT2D eigenvalue weighted by Crippen LogP contribution is 2.03. The molecule has 0 aromatic carbocycles. The van der Waals surface area contributed by atoms with E-state index in [1.165, 1.54) is 18.5 Å². The normalized spacial score (nSPS) is 11.3. The lowest BCUT2D eigenvalue weighted by molar-refractivity contribution is 0.521. The Balaban J connectivity index is 2.17. The minimum atomic E-state index is 0.811. The second-order valence-corrected chi connectivity index (χ2v) is 4.61. The van der Waals surface area contributed by atoms with Gasteiger partial charge in [0, 0.05) is 13.6 Å². The van der Waals surface area contributed by atoms with Crippen LogP contribution in [0.15, 0.2) is 6.07 Å². The molecule has 0 unspecified atom stereocenters. The van der Waals surface area contributed by atoms with Crippen molar-refractivity contribution in [1.82, 2.24) is 15.1 Å². The van der Waals surface area contributed by atoms with Crippen LogP contribution < -0.4 is 5.32 Å². The van der Waals surface area contributed by atoms with Crippen LogP contribution >= 0.6 is 0 Å². The summed E-state index contributed by atoms with van der Waals surface area (Å²) in [5, 5.41) is 7.77. The number of aryl methyl sites for hydroxylation is 2. The number of rotatable bonds is 6. The molecule has 86 valence electrons. The molecular weight excluding hydrogens is 186 g/mol. The van der Waals surface area contributed by atoms with E-state index >= 15 is 0 Å². The molecule has 0 saturated carbocycles. The maximum Gasteiger partial charge on any atom is 0.0597 e. The summed E-state index contributed by atoms with van der Waals surface area (Å²) in [6.45, 7) is 8.59. The highest BCUT2D eigenvalue weighted by atomic mass is 15.3. The fourth-order valence-corrected chi connectivity index (χ4v) is 1.68. The molecule has 3 heteroatoms. The molecule has 1 aromatic heterocycles. The summed E-state index contributed by atoms with van der Waals surface area (Å²) < 4.78 is 1.95. The molecule has 0 amide bonds. The fraction of sp³-hybridized carbons (Fsp3) is 0.750. The van der Waals surface area contributed by atoms with Crippen LogP contribution in [-0.4, -0.2) is 16.3 Å². The summed E-state index contributed by atoms with van der Waals surface area (Å²) in [7, 11) is 2.00. The molecule has 0 aliphatic rings. The van der Waals surface area contributed by atoms with Gasteiger partial charge in [0.15, 0.2) is 0 Å². The Morgan fingerprint density at radius 2 is 2.20 bits per heavy atom. The Labute approximate surface area is 92.9 Å². The largest absolute Gasteiger partial charge is 0.311 e. The molecule has 0 saturated heterocycles. The van der Waals surface area contributed by atoms with Crippen LogP contribution in [0.4, 0.5) is 0 Å². The Morgan fingerprint density at radius 1 is 1.47 bits per heavy atom. The van der Waals surface area contributed by atoms with Gasteiger partial charge in [-0.2, -0.15) is 5.10 Å². The minimum absolute atomic E-state index is 0.811. The van der Waals surface area contributed by atoms with Gasteiger partial charge in [-0.05, 0) is 38.3 Å². The lowest BCUT2D eigenvalue weighted by atomic mass is 10.1. The second kappa shape index (κ2) is 5.91. The quantitative estimate of drug-likeness (QED) is 0.728. The van der Waals surface area contributed by atoms with Crippen molar-refractivity contribution in [3.63, 3.8) is 0 Å². The zero-order valence-electron chi connectivity index (χ0n) is 10.4. The summed E-state index contributed by atoms with van der Waals surface area (Å²) >= 11 is 0. The summed E-state index contributed by atoms with van der Waals surface area (Å²) in [6, 6.07) is 2.13. The molecule has 1 rings (SSSR count). The number of aromatic nitrogens is 2. The standard InChI is InChI=1S/C12H23N3/c1-10(2)6-5-7-13-9-12-8-11(3)14-15(12)4/h8,10,13H,5-7,9H2,1-4H3. The Bertz CT molecular complexity index is 289. The maximum atomic E-state index is 4.31. The van der Waals surface area contributed by atoms with E-state index in [0.717, 1.165) is 24.7 Å². The van der Waals surface area contributed by atoms with E-state index in [-0.39, 0.29) is 0 Å². The Morgan fingerprint density at radius 3 is 2.73 bits per heavy atom. The van der Waals surface area contributed by atoms with Gasteiger partial charge in [0.25, 0.3) is 0 Å². The molecule has 1 N–H and O–H groups in total. The van der Waals surface area contributed by atoms with Gasteiger partial charge in [0.2, 0.25) is 0 Å². The van der Waals surface area contributed by atoms with Gasteiger partial charge in [-0.25, -0.2) is 0 Å². The van der Waals surface area contributed by atoms with Crippen molar-refractivity contribution in [2.45, 2.75) is 40.2 Å². The third-order valence-corrected chi connectivity index (χ3v) is 2.54. The predicted molar refractivity (Wildman–Crippen MR) is 63.7 cm³/mol. The topological polar surface area (TPSA) is 29.9 Å². The molecule has 0 spiro atoms. The first kappa shape index (κ1) is 12.2. The van der Waals surface area contributed by atoms with Crippen LogP contribution in [0, 0.1) is 12.8 Å². The van der Waals surface area contributed by atoms with Gasteiger partial charge in [0.1, 0.15) is 0 Å². The summed E-state index contributed by atoms with van der Waals surface area (Å²) in [6.07, 6.45) is 2.56. The van der Waals surface area contributed by atoms with E-state index < -0.39 is 0 Å². The molecule has 0 bridgehead atoms. The van der Waals surface area contributed by atoms with Crippen molar-refractivity contribution < 1.29 is 0 Å². The fourth-order valence-electron chi connectivity index (χ4n) is 1.68. The molecule has 0 aliphatic carbocycles. The summed E-state index contributed by atoms with van der Waals surface area (Å²) in [5.74, 6) is 0.811. The molecule has 1 aromatic rings. The average molecular weight is 209 g/mol. The van der Waals surface area contributed by atoms with Crippen molar-refractivity contribution >= 4 is 0 Å². The average Bonchev–Trinajstić information content (AvgIpc) is 2.44. The van der Waals surface area contributed by atoms with Crippen molar-refractivity contribution in [2.24, 2.45) is 13.0 Å². The third-order valence-electron chi connectivity index (χ3n) is 2.54. The van der Waals surface area contributed by atoms with Crippen molar-refractivity contribution in [2.75, 3.05) is 6.54 Å². The molecule has 15 heavy (non-hydrogen) atoms. The van der Waals surface area contributed by atoms with Gasteiger partial charge in [0.05, 0.1) is 11.4 Å². The molecule has 0 fully saturated rings. The van der Waals surface area contributed by atoms with E-state index in [1.807, 2.05) is 18.7 Å². The van der Waals surface area contributed by atoms with Gasteiger partial charge in [-0.1, -0.05) is 13.8 Å². The van der Waals surface area contributed by atoms with E-state index in [0.29, 0.717) is 0 Å². The highest BCUT2D eigenvalue weighted by Gasteiger charge is 2.00. The van der Waals surface area contributed by atoms with Crippen LogP contribution in [0.5, 0.6) is 0 Å². The Hall–Kier alpha value is -0.830. The van der Waals surface area contributed by atoms with Crippen LogP contribution in [-0.2, 0) is 13.6 Å². The predicted octanol–water partition coefficient (Wildman–Crippen LogP) is 2.25. The molecule has 3 nitrogen and oxygen atoms in total. The second-order valence-electron chi connectivity index (χ2n) is 4.61. The molecule has 0 radical (unpaired) electrons. The van der Waals surface area contributed by atoms with Gasteiger partial charge in [-0.3, -0.25) is 4.68 Å². The van der Waals surface area contributed by atoms with Crippen molar-refractivity contribution in [1.29, 1.82) is 0 Å². The van der Waals surface area contributed by atoms with E-state index in [2.05, 4.69) is 30.3 Å². The molecule has 1 heterocycles. The monoisotopic (exact) mass is 209 g/mol. The first-order valence-corrected chi connectivity index (χ1v) is 5.80. The van der Waals surface area contributed by atoms with Crippen LogP contribution in [0.1, 0.15) is 38.1 Å². The van der Waals surface area contributed by atoms with E-state index in [9.17, 15) is 0 Å². The Kier molecular flexibility index (Phi) is 4.82. The van der Waals surface area contributed by atoms with E-state index in [4.69, 9.17) is 0 Å². The van der Waals surface area contributed by atoms with Gasteiger partial charge >= 0.3 is 0 Å². The first-order chi connectivity index (χ1) is 7.09. The number of hydrogen-bond acceptors (Lipinski definition) is 2. The van der Waals surface area contributed by atoms with Crippen molar-refractivity contribution in [3.05, 3.63) is 17.5 Å². The highest BCUT2D eigenvalue weighted by molar-refractivity contribution is 5.08. The number of nitrogens with one attached hydrogen (secondary N) is 1. The van der Waals surface area contributed by atoms with Crippen LogP contribution in [0.3, 0.4) is 0 Å².